The first-order valence-corrected chi connectivity index (χ1v) is 10.6. The summed E-state index contributed by atoms with van der Waals surface area (Å²) in [6.45, 7) is 9.46. The van der Waals surface area contributed by atoms with Crippen molar-refractivity contribution in [2.45, 2.75) is 58.9 Å². The Morgan fingerprint density at radius 3 is 1.90 bits per heavy atom. The fraction of sp³-hybridized carbons (Fsp3) is 0.850. The molecular formula is C20H39N3O6. The van der Waals surface area contributed by atoms with Crippen molar-refractivity contribution in [3.63, 3.8) is 0 Å². The van der Waals surface area contributed by atoms with Gasteiger partial charge in [-0.1, -0.05) is 6.92 Å². The molecule has 0 aliphatic rings. The van der Waals surface area contributed by atoms with Crippen molar-refractivity contribution in [1.29, 1.82) is 0 Å². The van der Waals surface area contributed by atoms with Gasteiger partial charge in [-0.05, 0) is 26.7 Å². The molecule has 0 heterocycles. The molecule has 1 atom stereocenters. The Labute approximate surface area is 174 Å². The molecule has 0 fully saturated rings. The van der Waals surface area contributed by atoms with E-state index in [-0.39, 0.29) is 23.8 Å². The highest BCUT2D eigenvalue weighted by atomic mass is 16.5. The van der Waals surface area contributed by atoms with Crippen LogP contribution in [0.3, 0.4) is 0 Å². The van der Waals surface area contributed by atoms with Gasteiger partial charge < -0.3 is 30.2 Å². The minimum atomic E-state index is -0.0778. The van der Waals surface area contributed by atoms with Crippen molar-refractivity contribution >= 4 is 17.7 Å². The zero-order valence-electron chi connectivity index (χ0n) is 18.2. The van der Waals surface area contributed by atoms with Gasteiger partial charge in [-0.3, -0.25) is 14.4 Å². The first-order chi connectivity index (χ1) is 14.0. The monoisotopic (exact) mass is 417 g/mol. The smallest absolute Gasteiger partial charge is 0.222 e. The molecule has 0 spiro atoms. The molecule has 0 radical (unpaired) electrons. The first kappa shape index (κ1) is 27.3. The van der Waals surface area contributed by atoms with Crippen molar-refractivity contribution in [2.75, 3.05) is 52.7 Å². The molecule has 0 aliphatic heterocycles. The Balaban J connectivity index is 3.32. The second kappa shape index (κ2) is 19.6. The SMILES string of the molecule is CCNC(=O)CCOCCOCCOCCNC(=O)CCCC(=O)NC(C)CC. The molecule has 1 unspecified atom stereocenters. The van der Waals surface area contributed by atoms with Gasteiger partial charge in [0.2, 0.25) is 17.7 Å². The Morgan fingerprint density at radius 1 is 0.724 bits per heavy atom. The molecule has 0 aromatic heterocycles. The predicted octanol–water partition coefficient (Wildman–Crippen LogP) is 0.764. The van der Waals surface area contributed by atoms with Gasteiger partial charge in [-0.2, -0.15) is 0 Å². The van der Waals surface area contributed by atoms with E-state index in [9.17, 15) is 14.4 Å². The standard InChI is InChI=1S/C20H39N3O6/c1-4-17(3)23-20(26)8-6-7-18(24)22-10-12-28-14-16-29-15-13-27-11-9-19(25)21-5-2/h17H,4-16H2,1-3H3,(H,21,25)(H,22,24)(H,23,26). The Bertz CT molecular complexity index is 448. The van der Waals surface area contributed by atoms with Gasteiger partial charge in [0.15, 0.2) is 0 Å². The molecule has 0 bridgehead atoms. The number of hydrogen-bond acceptors (Lipinski definition) is 6. The van der Waals surface area contributed by atoms with Crippen LogP contribution in [0.2, 0.25) is 0 Å². The topological polar surface area (TPSA) is 115 Å². The average Bonchev–Trinajstić information content (AvgIpc) is 2.68. The lowest BCUT2D eigenvalue weighted by molar-refractivity contribution is -0.123. The average molecular weight is 418 g/mol. The second-order valence-electron chi connectivity index (χ2n) is 6.62. The Hall–Kier alpha value is -1.71. The Morgan fingerprint density at radius 2 is 1.28 bits per heavy atom. The first-order valence-electron chi connectivity index (χ1n) is 10.6. The molecule has 9 heteroatoms. The second-order valence-corrected chi connectivity index (χ2v) is 6.62. The maximum absolute atomic E-state index is 11.7. The van der Waals surface area contributed by atoms with E-state index >= 15 is 0 Å². The quantitative estimate of drug-likeness (QED) is 0.267. The van der Waals surface area contributed by atoms with E-state index in [4.69, 9.17) is 14.2 Å². The number of rotatable bonds is 19. The number of nitrogens with one attached hydrogen (secondary N) is 3. The van der Waals surface area contributed by atoms with E-state index in [0.717, 1.165) is 6.42 Å². The van der Waals surface area contributed by atoms with Crippen molar-refractivity contribution in [1.82, 2.24) is 16.0 Å². The van der Waals surface area contributed by atoms with Gasteiger partial charge >= 0.3 is 0 Å². The van der Waals surface area contributed by atoms with E-state index < -0.39 is 0 Å². The normalized spacial score (nSPS) is 11.7. The number of carbonyl (C=O) groups excluding carboxylic acids is 3. The molecule has 3 amide bonds. The van der Waals surface area contributed by atoms with Crippen LogP contribution in [0.5, 0.6) is 0 Å². The highest BCUT2D eigenvalue weighted by Gasteiger charge is 2.07. The molecule has 0 rings (SSSR count). The van der Waals surface area contributed by atoms with Crippen LogP contribution in [0.25, 0.3) is 0 Å². The third-order valence-electron chi connectivity index (χ3n) is 3.99. The maximum Gasteiger partial charge on any atom is 0.222 e. The van der Waals surface area contributed by atoms with Gasteiger partial charge in [-0.15, -0.1) is 0 Å². The molecule has 0 saturated heterocycles. The van der Waals surface area contributed by atoms with Crippen molar-refractivity contribution in [3.8, 4) is 0 Å². The van der Waals surface area contributed by atoms with Crippen LogP contribution in [-0.4, -0.2) is 76.5 Å². The van der Waals surface area contributed by atoms with Crippen molar-refractivity contribution in [2.24, 2.45) is 0 Å². The molecule has 3 N–H and O–H groups in total. The van der Waals surface area contributed by atoms with Crippen LogP contribution in [0.1, 0.15) is 52.9 Å². The Kier molecular flexibility index (Phi) is 18.4. The van der Waals surface area contributed by atoms with E-state index in [1.165, 1.54) is 0 Å². The molecule has 0 aromatic carbocycles. The molecule has 170 valence electrons. The summed E-state index contributed by atoms with van der Waals surface area (Å²) in [5.74, 6) is -0.102. The zero-order chi connectivity index (χ0) is 21.7. The number of carbonyl (C=O) groups is 3. The molecular weight excluding hydrogens is 378 g/mol. The summed E-state index contributed by atoms with van der Waals surface area (Å²) >= 11 is 0. The van der Waals surface area contributed by atoms with Crippen LogP contribution in [0, 0.1) is 0 Å². The maximum atomic E-state index is 11.7. The van der Waals surface area contributed by atoms with Crippen LogP contribution in [0.4, 0.5) is 0 Å². The summed E-state index contributed by atoms with van der Waals surface area (Å²) in [6.07, 6.45) is 2.48. The van der Waals surface area contributed by atoms with Gasteiger partial charge in [0.1, 0.15) is 0 Å². The van der Waals surface area contributed by atoms with Gasteiger partial charge in [0.05, 0.1) is 39.6 Å². The number of amides is 3. The third kappa shape index (κ3) is 19.4. The van der Waals surface area contributed by atoms with E-state index in [1.807, 2.05) is 20.8 Å². The van der Waals surface area contributed by atoms with Crippen LogP contribution in [-0.2, 0) is 28.6 Å². The van der Waals surface area contributed by atoms with Crippen molar-refractivity contribution < 1.29 is 28.6 Å². The molecule has 0 aliphatic carbocycles. The summed E-state index contributed by atoms with van der Waals surface area (Å²) in [4.78, 5) is 34.5. The fourth-order valence-electron chi connectivity index (χ4n) is 2.20. The van der Waals surface area contributed by atoms with E-state index in [0.29, 0.717) is 78.4 Å². The highest BCUT2D eigenvalue weighted by molar-refractivity contribution is 5.79. The summed E-state index contributed by atoms with van der Waals surface area (Å²) in [7, 11) is 0. The molecule has 9 nitrogen and oxygen atoms in total. The lowest BCUT2D eigenvalue weighted by atomic mass is 10.2. The minimum absolute atomic E-state index is 0.0112. The van der Waals surface area contributed by atoms with Crippen LogP contribution >= 0.6 is 0 Å². The summed E-state index contributed by atoms with van der Waals surface area (Å²) < 4.78 is 16.0. The largest absolute Gasteiger partial charge is 0.379 e. The molecule has 0 saturated carbocycles. The summed E-state index contributed by atoms with van der Waals surface area (Å²) in [5.41, 5.74) is 0. The minimum Gasteiger partial charge on any atom is -0.379 e. The zero-order valence-corrected chi connectivity index (χ0v) is 18.2. The van der Waals surface area contributed by atoms with Gasteiger partial charge in [0.25, 0.3) is 0 Å². The van der Waals surface area contributed by atoms with Gasteiger partial charge in [0, 0.05) is 38.4 Å². The van der Waals surface area contributed by atoms with Crippen LogP contribution < -0.4 is 16.0 Å². The predicted molar refractivity (Wildman–Crippen MR) is 111 cm³/mol. The van der Waals surface area contributed by atoms with Crippen molar-refractivity contribution in [3.05, 3.63) is 0 Å². The third-order valence-corrected chi connectivity index (χ3v) is 3.99. The lowest BCUT2D eigenvalue weighted by Gasteiger charge is -2.11. The molecule has 29 heavy (non-hydrogen) atoms. The van der Waals surface area contributed by atoms with Gasteiger partial charge in [-0.25, -0.2) is 0 Å². The molecule has 0 aromatic rings. The van der Waals surface area contributed by atoms with Crippen LogP contribution in [0.15, 0.2) is 0 Å². The number of hydrogen-bond donors (Lipinski definition) is 3. The van der Waals surface area contributed by atoms with E-state index in [1.54, 1.807) is 0 Å². The number of ether oxygens (including phenoxy) is 3. The highest BCUT2D eigenvalue weighted by Crippen LogP contribution is 1.97. The summed E-state index contributed by atoms with van der Waals surface area (Å²) in [6, 6.07) is 0.170. The van der Waals surface area contributed by atoms with E-state index in [2.05, 4.69) is 16.0 Å². The fourth-order valence-corrected chi connectivity index (χ4v) is 2.20. The lowest BCUT2D eigenvalue weighted by Crippen LogP contribution is -2.32. The summed E-state index contributed by atoms with van der Waals surface area (Å²) in [5, 5.41) is 8.34.